The topological polar surface area (TPSA) is 126 Å². The maximum absolute atomic E-state index is 12.6. The number of pyridine rings is 1. The van der Waals surface area contributed by atoms with Crippen LogP contribution in [0.15, 0.2) is 71.8 Å². The SMILES string of the molecule is COc1ccc(NS(=O)(=O)c2cccc(C(=O)NNC(=O)c3ccc(Cl)nc3)c2)cc1. The molecule has 1 heterocycles. The van der Waals surface area contributed by atoms with Crippen molar-refractivity contribution in [1.82, 2.24) is 15.8 Å². The summed E-state index contributed by atoms with van der Waals surface area (Å²) in [4.78, 5) is 28.1. The summed E-state index contributed by atoms with van der Waals surface area (Å²) in [5.74, 6) is -0.725. The fraction of sp³-hybridized carbons (Fsp3) is 0.0500. The Balaban J connectivity index is 1.68. The smallest absolute Gasteiger partial charge is 0.271 e. The molecule has 0 atom stereocenters. The summed E-state index contributed by atoms with van der Waals surface area (Å²) < 4.78 is 32.8. The molecule has 160 valence electrons. The summed E-state index contributed by atoms with van der Waals surface area (Å²) >= 11 is 5.67. The van der Waals surface area contributed by atoms with Crippen LogP contribution in [0.5, 0.6) is 5.75 Å². The van der Waals surface area contributed by atoms with Gasteiger partial charge in [-0.1, -0.05) is 17.7 Å². The molecule has 0 fully saturated rings. The molecule has 0 saturated carbocycles. The lowest BCUT2D eigenvalue weighted by atomic mass is 10.2. The number of nitrogens with one attached hydrogen (secondary N) is 3. The van der Waals surface area contributed by atoms with Crippen molar-refractivity contribution in [3.8, 4) is 5.75 Å². The second-order valence-corrected chi connectivity index (χ2v) is 8.21. The standard InChI is InChI=1S/C20H17ClN4O5S/c1-30-16-8-6-15(7-9-16)25-31(28,29)17-4-2-3-13(11-17)19(26)23-24-20(27)14-5-10-18(21)22-12-14/h2-12,25H,1H3,(H,23,26)(H,24,27). The first-order valence-electron chi connectivity index (χ1n) is 8.78. The first-order valence-corrected chi connectivity index (χ1v) is 10.6. The molecule has 0 spiro atoms. The van der Waals surface area contributed by atoms with Crippen LogP contribution in [0.25, 0.3) is 0 Å². The Kier molecular flexibility index (Phi) is 6.73. The molecule has 0 aliphatic rings. The van der Waals surface area contributed by atoms with Crippen molar-refractivity contribution in [2.24, 2.45) is 0 Å². The lowest BCUT2D eigenvalue weighted by Crippen LogP contribution is -2.41. The number of anilines is 1. The lowest BCUT2D eigenvalue weighted by Gasteiger charge is -2.11. The second kappa shape index (κ2) is 9.45. The summed E-state index contributed by atoms with van der Waals surface area (Å²) in [5.41, 5.74) is 5.00. The highest BCUT2D eigenvalue weighted by atomic mass is 35.5. The average molecular weight is 461 g/mol. The Hall–Kier alpha value is -3.63. The van der Waals surface area contributed by atoms with E-state index in [4.69, 9.17) is 16.3 Å². The molecule has 3 N–H and O–H groups in total. The zero-order valence-electron chi connectivity index (χ0n) is 16.1. The number of carbonyl (C=O) groups excluding carboxylic acids is 2. The van der Waals surface area contributed by atoms with Gasteiger partial charge in [-0.2, -0.15) is 0 Å². The summed E-state index contributed by atoms with van der Waals surface area (Å²) in [5, 5.41) is 0.224. The number of hydrazine groups is 1. The van der Waals surface area contributed by atoms with Crippen LogP contribution in [-0.2, 0) is 10.0 Å². The number of rotatable bonds is 6. The van der Waals surface area contributed by atoms with Gasteiger partial charge in [0.15, 0.2) is 0 Å². The summed E-state index contributed by atoms with van der Waals surface area (Å²) in [6.45, 7) is 0. The number of nitrogens with zero attached hydrogens (tertiary/aromatic N) is 1. The molecule has 0 aliphatic carbocycles. The predicted octanol–water partition coefficient (Wildman–Crippen LogP) is 2.62. The number of halogens is 1. The second-order valence-electron chi connectivity index (χ2n) is 6.14. The van der Waals surface area contributed by atoms with Gasteiger partial charge in [-0.25, -0.2) is 13.4 Å². The highest BCUT2D eigenvalue weighted by molar-refractivity contribution is 7.92. The molecule has 11 heteroatoms. The van der Waals surface area contributed by atoms with Gasteiger partial charge in [-0.15, -0.1) is 0 Å². The fourth-order valence-corrected chi connectivity index (χ4v) is 3.66. The van der Waals surface area contributed by atoms with Crippen LogP contribution < -0.4 is 20.3 Å². The van der Waals surface area contributed by atoms with E-state index in [9.17, 15) is 18.0 Å². The average Bonchev–Trinajstić information content (AvgIpc) is 2.78. The van der Waals surface area contributed by atoms with Crippen LogP contribution >= 0.6 is 11.6 Å². The number of aromatic nitrogens is 1. The van der Waals surface area contributed by atoms with E-state index >= 15 is 0 Å². The van der Waals surface area contributed by atoms with Crippen molar-refractivity contribution in [3.63, 3.8) is 0 Å². The van der Waals surface area contributed by atoms with E-state index in [1.807, 2.05) is 0 Å². The third kappa shape index (κ3) is 5.71. The largest absolute Gasteiger partial charge is 0.497 e. The van der Waals surface area contributed by atoms with E-state index in [-0.39, 0.29) is 21.2 Å². The van der Waals surface area contributed by atoms with E-state index in [1.165, 1.54) is 49.7 Å². The molecule has 1 aromatic heterocycles. The molecule has 0 aliphatic heterocycles. The first kappa shape index (κ1) is 22.1. The van der Waals surface area contributed by atoms with Crippen molar-refractivity contribution in [3.05, 3.63) is 83.1 Å². The number of sulfonamides is 1. The van der Waals surface area contributed by atoms with Gasteiger partial charge in [0.2, 0.25) is 0 Å². The van der Waals surface area contributed by atoms with E-state index in [1.54, 1.807) is 24.3 Å². The molecule has 0 unspecified atom stereocenters. The van der Waals surface area contributed by atoms with Gasteiger partial charge < -0.3 is 4.74 Å². The molecule has 31 heavy (non-hydrogen) atoms. The van der Waals surface area contributed by atoms with Crippen LogP contribution in [-0.4, -0.2) is 32.3 Å². The quantitative estimate of drug-likeness (QED) is 0.383. The van der Waals surface area contributed by atoms with Crippen LogP contribution in [0, 0.1) is 0 Å². The number of benzene rings is 2. The first-order chi connectivity index (χ1) is 14.8. The Morgan fingerprint density at radius 1 is 0.935 bits per heavy atom. The Labute approximate surface area is 183 Å². The van der Waals surface area contributed by atoms with Gasteiger partial charge in [-0.3, -0.25) is 25.2 Å². The predicted molar refractivity (Wildman–Crippen MR) is 114 cm³/mol. The Morgan fingerprint density at radius 2 is 1.61 bits per heavy atom. The number of methoxy groups -OCH3 is 1. The molecule has 2 aromatic carbocycles. The van der Waals surface area contributed by atoms with Crippen molar-refractivity contribution in [1.29, 1.82) is 0 Å². The Morgan fingerprint density at radius 3 is 2.23 bits per heavy atom. The Bertz CT molecular complexity index is 1200. The minimum absolute atomic E-state index is 0.0344. The van der Waals surface area contributed by atoms with E-state index in [0.717, 1.165) is 0 Å². The highest BCUT2D eigenvalue weighted by Gasteiger charge is 2.17. The van der Waals surface area contributed by atoms with Crippen LogP contribution in [0.3, 0.4) is 0 Å². The molecule has 0 bridgehead atoms. The molecule has 3 aromatic rings. The summed E-state index contributed by atoms with van der Waals surface area (Å²) in [6, 6.07) is 14.6. The maximum Gasteiger partial charge on any atom is 0.271 e. The monoisotopic (exact) mass is 460 g/mol. The third-order valence-electron chi connectivity index (χ3n) is 4.03. The highest BCUT2D eigenvalue weighted by Crippen LogP contribution is 2.20. The third-order valence-corrected chi connectivity index (χ3v) is 5.63. The molecule has 0 saturated heterocycles. The van der Waals surface area contributed by atoms with Gasteiger partial charge >= 0.3 is 0 Å². The number of hydrogen-bond acceptors (Lipinski definition) is 6. The zero-order chi connectivity index (χ0) is 22.4. The number of ether oxygens (including phenoxy) is 1. The fourth-order valence-electron chi connectivity index (χ4n) is 2.45. The molecule has 9 nitrogen and oxygen atoms in total. The molecule has 2 amide bonds. The minimum atomic E-state index is -3.95. The van der Waals surface area contributed by atoms with Crippen molar-refractivity contribution in [2.75, 3.05) is 11.8 Å². The van der Waals surface area contributed by atoms with Crippen LogP contribution in [0.4, 0.5) is 5.69 Å². The zero-order valence-corrected chi connectivity index (χ0v) is 17.7. The van der Waals surface area contributed by atoms with Gasteiger partial charge in [-0.05, 0) is 54.6 Å². The van der Waals surface area contributed by atoms with Crippen LogP contribution in [0.2, 0.25) is 5.15 Å². The lowest BCUT2D eigenvalue weighted by molar-refractivity contribution is 0.0846. The van der Waals surface area contributed by atoms with Gasteiger partial charge in [0.1, 0.15) is 10.9 Å². The van der Waals surface area contributed by atoms with Crippen molar-refractivity contribution >= 4 is 39.1 Å². The van der Waals surface area contributed by atoms with Crippen molar-refractivity contribution in [2.45, 2.75) is 4.90 Å². The number of hydrogen-bond donors (Lipinski definition) is 3. The molecular formula is C20H17ClN4O5S. The number of carbonyl (C=O) groups is 2. The normalized spacial score (nSPS) is 10.8. The van der Waals surface area contributed by atoms with E-state index in [0.29, 0.717) is 11.4 Å². The molecular weight excluding hydrogens is 444 g/mol. The van der Waals surface area contributed by atoms with E-state index < -0.39 is 21.8 Å². The number of amides is 2. The molecule has 0 radical (unpaired) electrons. The van der Waals surface area contributed by atoms with Gasteiger partial charge in [0.05, 0.1) is 17.6 Å². The molecule has 3 rings (SSSR count). The van der Waals surface area contributed by atoms with Gasteiger partial charge in [0.25, 0.3) is 21.8 Å². The van der Waals surface area contributed by atoms with Gasteiger partial charge in [0, 0.05) is 17.4 Å². The maximum atomic E-state index is 12.6. The van der Waals surface area contributed by atoms with Crippen molar-refractivity contribution < 1.29 is 22.7 Å². The van der Waals surface area contributed by atoms with Crippen LogP contribution in [0.1, 0.15) is 20.7 Å². The van der Waals surface area contributed by atoms with E-state index in [2.05, 4.69) is 20.6 Å². The summed E-state index contributed by atoms with van der Waals surface area (Å²) in [7, 11) is -2.44. The summed E-state index contributed by atoms with van der Waals surface area (Å²) in [6.07, 6.45) is 1.25. The minimum Gasteiger partial charge on any atom is -0.497 e.